The summed E-state index contributed by atoms with van der Waals surface area (Å²) in [4.78, 5) is 19.9. The topological polar surface area (TPSA) is 76.1 Å². The molecule has 0 fully saturated rings. The van der Waals surface area contributed by atoms with Crippen molar-refractivity contribution in [3.63, 3.8) is 0 Å². The van der Waals surface area contributed by atoms with Crippen molar-refractivity contribution in [2.75, 3.05) is 18.5 Å². The number of aromatic nitrogens is 2. The second-order valence-corrected chi connectivity index (χ2v) is 6.19. The molecule has 0 bridgehead atoms. The molecule has 0 radical (unpaired) electrons. The van der Waals surface area contributed by atoms with E-state index in [-0.39, 0.29) is 5.41 Å². The largest absolute Gasteiger partial charge is 0.462 e. The molecule has 0 amide bonds. The maximum atomic E-state index is 11.7. The number of carbonyl (C=O) groups excluding carboxylic acids is 1. The number of aryl methyl sites for hydroxylation is 1. The Bertz CT molecular complexity index is 526. The third kappa shape index (κ3) is 6.03. The molecule has 2 N–H and O–H groups in total. The fourth-order valence-electron chi connectivity index (χ4n) is 1.43. The van der Waals surface area contributed by atoms with E-state index in [1.165, 1.54) is 6.20 Å². The van der Waals surface area contributed by atoms with E-state index in [1.807, 2.05) is 0 Å². The molecule has 0 spiro atoms. The van der Waals surface area contributed by atoms with E-state index in [2.05, 4.69) is 41.4 Å². The summed E-state index contributed by atoms with van der Waals surface area (Å²) in [5.74, 6) is -0.0676. The maximum absolute atomic E-state index is 11.7. The minimum absolute atomic E-state index is 0.121. The van der Waals surface area contributed by atoms with Crippen molar-refractivity contribution < 1.29 is 9.53 Å². The van der Waals surface area contributed by atoms with Crippen LogP contribution in [-0.2, 0) is 4.74 Å². The number of rotatable bonds is 4. The standard InChI is InChI=1S/C14H22N4O2S/c1-6-20-11(19)10-7-15-12(17-9(10)2)18-13(21)16-8-14(3,4)5/h7H,6,8H2,1-5H3,(H2,15,16,17,18,21). The summed E-state index contributed by atoms with van der Waals surface area (Å²) in [6, 6.07) is 0. The fraction of sp³-hybridized carbons (Fsp3) is 0.571. The molecule has 7 heteroatoms. The molecule has 0 aliphatic carbocycles. The third-order valence-corrected chi connectivity index (χ3v) is 2.73. The Hall–Kier alpha value is -1.76. The normalized spacial score (nSPS) is 10.9. The van der Waals surface area contributed by atoms with Crippen molar-refractivity contribution in [2.45, 2.75) is 34.6 Å². The van der Waals surface area contributed by atoms with Gasteiger partial charge in [-0.05, 0) is 31.5 Å². The quantitative estimate of drug-likeness (QED) is 0.652. The van der Waals surface area contributed by atoms with Gasteiger partial charge < -0.3 is 15.4 Å². The highest BCUT2D eigenvalue weighted by Gasteiger charge is 2.14. The molecule has 0 aliphatic rings. The zero-order valence-electron chi connectivity index (χ0n) is 13.1. The number of hydrogen-bond donors (Lipinski definition) is 2. The van der Waals surface area contributed by atoms with E-state index < -0.39 is 5.97 Å². The maximum Gasteiger partial charge on any atom is 0.341 e. The average molecular weight is 310 g/mol. The Morgan fingerprint density at radius 3 is 2.62 bits per heavy atom. The predicted molar refractivity (Wildman–Crippen MR) is 86.4 cm³/mol. The predicted octanol–water partition coefficient (Wildman–Crippen LogP) is 2.29. The minimum Gasteiger partial charge on any atom is -0.462 e. The number of esters is 1. The first-order chi connectivity index (χ1) is 9.73. The van der Waals surface area contributed by atoms with Gasteiger partial charge in [-0.15, -0.1) is 0 Å². The molecule has 0 aromatic carbocycles. The van der Waals surface area contributed by atoms with Crippen LogP contribution in [0.25, 0.3) is 0 Å². The summed E-state index contributed by atoms with van der Waals surface area (Å²) in [6.07, 6.45) is 1.44. The molecule has 0 saturated carbocycles. The van der Waals surface area contributed by atoms with Crippen LogP contribution in [0.1, 0.15) is 43.7 Å². The molecule has 1 rings (SSSR count). The highest BCUT2D eigenvalue weighted by Crippen LogP contribution is 2.11. The van der Waals surface area contributed by atoms with Crippen molar-refractivity contribution in [1.29, 1.82) is 0 Å². The molecule has 0 atom stereocenters. The van der Waals surface area contributed by atoms with Crippen LogP contribution in [0, 0.1) is 12.3 Å². The number of hydrogen-bond acceptors (Lipinski definition) is 5. The Labute approximate surface area is 130 Å². The van der Waals surface area contributed by atoms with Crippen molar-refractivity contribution >= 4 is 29.2 Å². The van der Waals surface area contributed by atoms with E-state index in [9.17, 15) is 4.79 Å². The Balaban J connectivity index is 2.67. The van der Waals surface area contributed by atoms with Gasteiger partial charge in [0.1, 0.15) is 0 Å². The lowest BCUT2D eigenvalue weighted by Gasteiger charge is -2.20. The highest BCUT2D eigenvalue weighted by atomic mass is 32.1. The van der Waals surface area contributed by atoms with Gasteiger partial charge in [-0.2, -0.15) is 0 Å². The molecule has 21 heavy (non-hydrogen) atoms. The van der Waals surface area contributed by atoms with Crippen LogP contribution in [0.4, 0.5) is 5.95 Å². The monoisotopic (exact) mass is 310 g/mol. The first-order valence-corrected chi connectivity index (χ1v) is 7.19. The van der Waals surface area contributed by atoms with Crippen LogP contribution in [0.3, 0.4) is 0 Å². The van der Waals surface area contributed by atoms with Gasteiger partial charge in [-0.3, -0.25) is 0 Å². The van der Waals surface area contributed by atoms with Gasteiger partial charge >= 0.3 is 5.97 Å². The smallest absolute Gasteiger partial charge is 0.341 e. The van der Waals surface area contributed by atoms with Crippen molar-refractivity contribution in [3.8, 4) is 0 Å². The lowest BCUT2D eigenvalue weighted by atomic mass is 9.97. The molecule has 1 aromatic heterocycles. The van der Waals surface area contributed by atoms with E-state index >= 15 is 0 Å². The fourth-order valence-corrected chi connectivity index (χ4v) is 1.59. The van der Waals surface area contributed by atoms with Crippen LogP contribution < -0.4 is 10.6 Å². The summed E-state index contributed by atoms with van der Waals surface area (Å²) in [6.45, 7) is 10.9. The van der Waals surface area contributed by atoms with E-state index in [1.54, 1.807) is 13.8 Å². The highest BCUT2D eigenvalue weighted by molar-refractivity contribution is 7.80. The van der Waals surface area contributed by atoms with Gasteiger partial charge in [0, 0.05) is 12.7 Å². The van der Waals surface area contributed by atoms with E-state index in [0.717, 1.165) is 6.54 Å². The van der Waals surface area contributed by atoms with Crippen LogP contribution in [0.15, 0.2) is 6.20 Å². The Morgan fingerprint density at radius 2 is 2.10 bits per heavy atom. The van der Waals surface area contributed by atoms with Gasteiger partial charge in [0.2, 0.25) is 5.95 Å². The zero-order chi connectivity index (χ0) is 16.0. The Morgan fingerprint density at radius 1 is 1.43 bits per heavy atom. The minimum atomic E-state index is -0.421. The lowest BCUT2D eigenvalue weighted by molar-refractivity contribution is 0.0524. The van der Waals surface area contributed by atoms with Crippen molar-refractivity contribution in [1.82, 2.24) is 15.3 Å². The Kier molecular flexibility index (Phi) is 6.02. The molecule has 1 aromatic rings. The van der Waals surface area contributed by atoms with Crippen molar-refractivity contribution in [3.05, 3.63) is 17.5 Å². The second kappa shape index (κ2) is 7.31. The van der Waals surface area contributed by atoms with Crippen molar-refractivity contribution in [2.24, 2.45) is 5.41 Å². The van der Waals surface area contributed by atoms with Crippen LogP contribution in [0.2, 0.25) is 0 Å². The second-order valence-electron chi connectivity index (χ2n) is 5.78. The zero-order valence-corrected chi connectivity index (χ0v) is 13.9. The first kappa shape index (κ1) is 17.3. The molecule has 1 heterocycles. The van der Waals surface area contributed by atoms with Gasteiger partial charge in [0.05, 0.1) is 17.9 Å². The number of anilines is 1. The molecular formula is C14H22N4O2S. The molecule has 0 unspecified atom stereocenters. The van der Waals surface area contributed by atoms with Gasteiger partial charge in [0.15, 0.2) is 5.11 Å². The SMILES string of the molecule is CCOC(=O)c1cnc(NC(=S)NCC(C)(C)C)nc1C. The first-order valence-electron chi connectivity index (χ1n) is 6.78. The van der Waals surface area contributed by atoms with E-state index in [4.69, 9.17) is 17.0 Å². The van der Waals surface area contributed by atoms with Gasteiger partial charge in [0.25, 0.3) is 0 Å². The van der Waals surface area contributed by atoms with Gasteiger partial charge in [-0.1, -0.05) is 20.8 Å². The molecule has 0 aliphatic heterocycles. The summed E-state index contributed by atoms with van der Waals surface area (Å²) in [5, 5.41) is 6.45. The summed E-state index contributed by atoms with van der Waals surface area (Å²) in [5.41, 5.74) is 1.02. The molecule has 0 saturated heterocycles. The average Bonchev–Trinajstić information content (AvgIpc) is 2.36. The van der Waals surface area contributed by atoms with Crippen LogP contribution >= 0.6 is 12.2 Å². The van der Waals surface area contributed by atoms with Crippen LogP contribution in [-0.4, -0.2) is 34.2 Å². The molecule has 6 nitrogen and oxygen atoms in total. The molecule has 116 valence electrons. The number of nitrogens with one attached hydrogen (secondary N) is 2. The third-order valence-electron chi connectivity index (χ3n) is 2.48. The summed E-state index contributed by atoms with van der Waals surface area (Å²) < 4.78 is 4.93. The number of carbonyl (C=O) groups is 1. The van der Waals surface area contributed by atoms with Crippen LogP contribution in [0.5, 0.6) is 0 Å². The van der Waals surface area contributed by atoms with Gasteiger partial charge in [-0.25, -0.2) is 14.8 Å². The number of nitrogens with zero attached hydrogens (tertiary/aromatic N) is 2. The number of ether oxygens (including phenoxy) is 1. The lowest BCUT2D eigenvalue weighted by Crippen LogP contribution is -2.35. The summed E-state index contributed by atoms with van der Waals surface area (Å²) in [7, 11) is 0. The molecular weight excluding hydrogens is 288 g/mol. The summed E-state index contributed by atoms with van der Waals surface area (Å²) >= 11 is 5.18. The number of thiocarbonyl (C=S) groups is 1. The van der Waals surface area contributed by atoms with E-state index in [0.29, 0.717) is 28.9 Å².